The van der Waals surface area contributed by atoms with Gasteiger partial charge in [-0.2, -0.15) is 0 Å². The number of fused-ring (bicyclic) bond motifs is 1. The highest BCUT2D eigenvalue weighted by atomic mass is 127. The topological polar surface area (TPSA) is 44.9 Å². The van der Waals surface area contributed by atoms with Crippen LogP contribution in [0, 0.1) is 10.5 Å². The Morgan fingerprint density at radius 2 is 2.00 bits per heavy atom. The first-order chi connectivity index (χ1) is 9.47. The fourth-order valence-electron chi connectivity index (χ4n) is 2.14. The first-order valence-electron chi connectivity index (χ1n) is 5.84. The van der Waals surface area contributed by atoms with Crippen molar-refractivity contribution < 1.29 is 4.79 Å². The molecule has 0 fully saturated rings. The summed E-state index contributed by atoms with van der Waals surface area (Å²) in [6.45, 7) is 1.97. The Bertz CT molecular complexity index is 765. The van der Waals surface area contributed by atoms with E-state index in [0.29, 0.717) is 5.57 Å². The summed E-state index contributed by atoms with van der Waals surface area (Å²) in [5, 5.41) is 2.88. The molecular weight excluding hydrogens is 499 g/mol. The van der Waals surface area contributed by atoms with Crippen LogP contribution in [-0.4, -0.2) is 10.9 Å². The van der Waals surface area contributed by atoms with Crippen molar-refractivity contribution in [2.24, 2.45) is 0 Å². The Kier molecular flexibility index (Phi) is 3.81. The van der Waals surface area contributed by atoms with Gasteiger partial charge < -0.3 is 10.3 Å². The Labute approximate surface area is 146 Å². The van der Waals surface area contributed by atoms with Crippen molar-refractivity contribution in [2.75, 3.05) is 5.32 Å². The average Bonchev–Trinajstić information content (AvgIpc) is 2.83. The number of rotatable bonds is 1. The van der Waals surface area contributed by atoms with Gasteiger partial charge in [0.1, 0.15) is 0 Å². The molecule has 20 heavy (non-hydrogen) atoms. The van der Waals surface area contributed by atoms with Gasteiger partial charge in [0.15, 0.2) is 0 Å². The van der Waals surface area contributed by atoms with Crippen molar-refractivity contribution in [2.45, 2.75) is 6.92 Å². The van der Waals surface area contributed by atoms with Crippen LogP contribution in [0.3, 0.4) is 0 Å². The molecule has 1 amide bonds. The number of aryl methyl sites for hydroxylation is 1. The Hall–Kier alpha value is -0.600. The monoisotopic (exact) mass is 506 g/mol. The van der Waals surface area contributed by atoms with E-state index in [2.05, 4.69) is 64.8 Å². The summed E-state index contributed by atoms with van der Waals surface area (Å²) in [6, 6.07) is 5.92. The predicted octanol–water partition coefficient (Wildman–Crippen LogP) is 4.95. The zero-order valence-corrected chi connectivity index (χ0v) is 15.7. The van der Waals surface area contributed by atoms with Gasteiger partial charge in [-0.3, -0.25) is 4.79 Å². The summed E-state index contributed by atoms with van der Waals surface area (Å²) in [6.07, 6.45) is 1.87. The number of H-pyrrole nitrogens is 1. The number of hydrogen-bond donors (Lipinski definition) is 2. The number of nitrogens with one attached hydrogen (secondary N) is 2. The number of amides is 1. The van der Waals surface area contributed by atoms with Crippen LogP contribution in [-0.2, 0) is 4.79 Å². The van der Waals surface area contributed by atoms with Crippen LogP contribution in [0.5, 0.6) is 0 Å². The normalized spacial score (nSPS) is 15.6. The number of aromatic amines is 1. The fraction of sp³-hybridized carbons (Fsp3) is 0.0714. The van der Waals surface area contributed by atoms with Crippen molar-refractivity contribution >= 4 is 77.7 Å². The van der Waals surface area contributed by atoms with Crippen LogP contribution in [0.1, 0.15) is 17.0 Å². The molecule has 102 valence electrons. The van der Waals surface area contributed by atoms with E-state index in [1.807, 2.05) is 31.2 Å². The van der Waals surface area contributed by atoms with E-state index in [1.54, 1.807) is 0 Å². The maximum absolute atomic E-state index is 12.1. The molecule has 1 aromatic carbocycles. The molecule has 2 N–H and O–H groups in total. The summed E-state index contributed by atoms with van der Waals surface area (Å²) >= 11 is 9.27. The molecule has 0 spiro atoms. The second kappa shape index (κ2) is 5.31. The highest BCUT2D eigenvalue weighted by molar-refractivity contribution is 14.1. The van der Waals surface area contributed by atoms with Crippen molar-refractivity contribution in [1.82, 2.24) is 4.98 Å². The van der Waals surface area contributed by atoms with E-state index in [0.717, 1.165) is 35.2 Å². The minimum absolute atomic E-state index is 0.0720. The van der Waals surface area contributed by atoms with Crippen molar-refractivity contribution in [3.8, 4) is 0 Å². The minimum Gasteiger partial charge on any atom is -0.357 e. The Morgan fingerprint density at radius 3 is 2.65 bits per heavy atom. The number of carbonyl (C=O) groups is 1. The molecule has 0 saturated carbocycles. The zero-order valence-electron chi connectivity index (χ0n) is 10.4. The SMILES string of the molecule is Cc1[nH]c(C=C2C(=O)Nc3ccc(I)cc32)c(Br)c1Br. The number of carbonyl (C=O) groups excluding carboxylic acids is 1. The number of anilines is 1. The van der Waals surface area contributed by atoms with Crippen molar-refractivity contribution in [3.63, 3.8) is 0 Å². The maximum Gasteiger partial charge on any atom is 0.256 e. The second-order valence-electron chi connectivity index (χ2n) is 4.49. The first-order valence-corrected chi connectivity index (χ1v) is 8.50. The summed E-state index contributed by atoms with van der Waals surface area (Å²) in [5.41, 5.74) is 4.38. The molecule has 2 heterocycles. The quantitative estimate of drug-likeness (QED) is 0.416. The molecule has 1 aromatic heterocycles. The van der Waals surface area contributed by atoms with Gasteiger partial charge in [-0.1, -0.05) is 0 Å². The van der Waals surface area contributed by atoms with Gasteiger partial charge in [-0.05, 0) is 85.6 Å². The Morgan fingerprint density at radius 1 is 1.25 bits per heavy atom. The lowest BCUT2D eigenvalue weighted by atomic mass is 10.1. The highest BCUT2D eigenvalue weighted by Gasteiger charge is 2.25. The average molecular weight is 508 g/mol. The van der Waals surface area contributed by atoms with Crippen LogP contribution < -0.4 is 5.32 Å². The van der Waals surface area contributed by atoms with Crippen LogP contribution in [0.4, 0.5) is 5.69 Å². The van der Waals surface area contributed by atoms with Gasteiger partial charge in [-0.25, -0.2) is 0 Å². The van der Waals surface area contributed by atoms with Crippen molar-refractivity contribution in [1.29, 1.82) is 0 Å². The molecule has 0 radical (unpaired) electrons. The lowest BCUT2D eigenvalue weighted by Gasteiger charge is -1.99. The van der Waals surface area contributed by atoms with Gasteiger partial charge in [0, 0.05) is 20.5 Å². The lowest BCUT2D eigenvalue weighted by molar-refractivity contribution is -0.110. The summed E-state index contributed by atoms with van der Waals surface area (Å²) < 4.78 is 3.01. The molecule has 0 atom stereocenters. The number of hydrogen-bond acceptors (Lipinski definition) is 1. The highest BCUT2D eigenvalue weighted by Crippen LogP contribution is 2.37. The molecule has 2 aromatic rings. The fourth-order valence-corrected chi connectivity index (χ4v) is 3.46. The van der Waals surface area contributed by atoms with Crippen LogP contribution in [0.2, 0.25) is 0 Å². The van der Waals surface area contributed by atoms with E-state index < -0.39 is 0 Å². The third kappa shape index (κ3) is 2.37. The first kappa shape index (κ1) is 14.3. The largest absolute Gasteiger partial charge is 0.357 e. The van der Waals surface area contributed by atoms with Gasteiger partial charge in [0.2, 0.25) is 0 Å². The molecule has 3 rings (SSSR count). The zero-order chi connectivity index (χ0) is 14.4. The number of benzene rings is 1. The van der Waals surface area contributed by atoms with Crippen LogP contribution in [0.25, 0.3) is 11.6 Å². The van der Waals surface area contributed by atoms with Crippen molar-refractivity contribution in [3.05, 3.63) is 47.7 Å². The number of halogens is 3. The maximum atomic E-state index is 12.1. The van der Waals surface area contributed by atoms with Gasteiger partial charge in [0.25, 0.3) is 5.91 Å². The smallest absolute Gasteiger partial charge is 0.256 e. The van der Waals surface area contributed by atoms with E-state index in [-0.39, 0.29) is 5.91 Å². The predicted molar refractivity (Wildman–Crippen MR) is 96.6 cm³/mol. The van der Waals surface area contributed by atoms with Gasteiger partial charge in [0.05, 0.1) is 20.2 Å². The van der Waals surface area contributed by atoms with E-state index in [1.165, 1.54) is 0 Å². The standard InChI is InChI=1S/C14H9Br2IN2O/c1-6-12(15)13(16)11(18-6)5-9-8-4-7(17)2-3-10(8)19-14(9)20/h2-5,18H,1H3,(H,19,20). The molecule has 0 unspecified atom stereocenters. The third-order valence-electron chi connectivity index (χ3n) is 3.13. The molecule has 0 saturated heterocycles. The molecule has 0 bridgehead atoms. The summed E-state index contributed by atoms with van der Waals surface area (Å²) in [4.78, 5) is 15.4. The van der Waals surface area contributed by atoms with Crippen LogP contribution in [0.15, 0.2) is 27.1 Å². The lowest BCUT2D eigenvalue weighted by Crippen LogP contribution is -2.03. The summed E-state index contributed by atoms with van der Waals surface area (Å²) in [5.74, 6) is -0.0720. The summed E-state index contributed by atoms with van der Waals surface area (Å²) in [7, 11) is 0. The second-order valence-corrected chi connectivity index (χ2v) is 7.33. The molecule has 1 aliphatic heterocycles. The molecule has 3 nitrogen and oxygen atoms in total. The van der Waals surface area contributed by atoms with E-state index >= 15 is 0 Å². The molecule has 6 heteroatoms. The van der Waals surface area contributed by atoms with E-state index in [9.17, 15) is 4.79 Å². The van der Waals surface area contributed by atoms with Gasteiger partial charge in [-0.15, -0.1) is 0 Å². The van der Waals surface area contributed by atoms with Gasteiger partial charge >= 0.3 is 0 Å². The molecular formula is C14H9Br2IN2O. The third-order valence-corrected chi connectivity index (χ3v) is 6.15. The Balaban J connectivity index is 2.15. The molecule has 1 aliphatic rings. The number of aromatic nitrogens is 1. The minimum atomic E-state index is -0.0720. The van der Waals surface area contributed by atoms with E-state index in [4.69, 9.17) is 0 Å². The molecule has 0 aliphatic carbocycles. The van der Waals surface area contributed by atoms with Crippen LogP contribution >= 0.6 is 54.5 Å².